The molecule has 0 aliphatic rings. The van der Waals surface area contributed by atoms with Gasteiger partial charge in [-0.3, -0.25) is 9.59 Å². The van der Waals surface area contributed by atoms with E-state index in [0.717, 1.165) is 13.0 Å². The number of nitrogens with two attached hydrogens (primary N) is 1. The lowest BCUT2D eigenvalue weighted by molar-refractivity contribution is -0.116. The van der Waals surface area contributed by atoms with Crippen LogP contribution in [0.4, 0.5) is 5.69 Å². The van der Waals surface area contributed by atoms with Crippen LogP contribution in [0, 0.1) is 0 Å². The second-order valence-electron chi connectivity index (χ2n) is 5.22. The van der Waals surface area contributed by atoms with Gasteiger partial charge in [-0.15, -0.1) is 0 Å². The first-order chi connectivity index (χ1) is 9.93. The Labute approximate surface area is 125 Å². The lowest BCUT2D eigenvalue weighted by Crippen LogP contribution is -2.28. The van der Waals surface area contributed by atoms with Crippen molar-refractivity contribution in [2.75, 3.05) is 39.0 Å². The Bertz CT molecular complexity index is 482. The third kappa shape index (κ3) is 5.97. The summed E-state index contributed by atoms with van der Waals surface area (Å²) in [6.45, 7) is 1.85. The van der Waals surface area contributed by atoms with Crippen LogP contribution >= 0.6 is 0 Å². The van der Waals surface area contributed by atoms with E-state index in [1.54, 1.807) is 23.9 Å². The van der Waals surface area contributed by atoms with Crippen LogP contribution in [-0.4, -0.2) is 55.0 Å². The van der Waals surface area contributed by atoms with Crippen molar-refractivity contribution < 1.29 is 9.59 Å². The molecule has 0 bridgehead atoms. The van der Waals surface area contributed by atoms with Gasteiger partial charge in [0.25, 0.3) is 5.91 Å². The maximum atomic E-state index is 12.1. The van der Waals surface area contributed by atoms with Gasteiger partial charge in [-0.05, 0) is 33.1 Å². The number of nitrogens with one attached hydrogen (secondary N) is 2. The number of hydrogen-bond donors (Lipinski definition) is 3. The molecule has 0 atom stereocenters. The predicted molar refractivity (Wildman–Crippen MR) is 83.2 cm³/mol. The zero-order chi connectivity index (χ0) is 15.8. The number of amides is 2. The number of rotatable bonds is 8. The van der Waals surface area contributed by atoms with Gasteiger partial charge in [-0.25, -0.2) is 0 Å². The van der Waals surface area contributed by atoms with E-state index in [0.29, 0.717) is 24.5 Å². The maximum Gasteiger partial charge on any atom is 0.267 e. The fourth-order valence-corrected chi connectivity index (χ4v) is 1.90. The molecule has 2 amide bonds. The summed E-state index contributed by atoms with van der Waals surface area (Å²) in [5.41, 5.74) is 6.44. The minimum absolute atomic E-state index is 0.143. The van der Waals surface area contributed by atoms with Crippen molar-refractivity contribution in [1.82, 2.24) is 14.8 Å². The van der Waals surface area contributed by atoms with Crippen LogP contribution in [-0.2, 0) is 11.8 Å². The van der Waals surface area contributed by atoms with Gasteiger partial charge in [0, 0.05) is 32.8 Å². The van der Waals surface area contributed by atoms with E-state index in [1.807, 2.05) is 14.1 Å². The van der Waals surface area contributed by atoms with E-state index in [2.05, 4.69) is 15.5 Å². The van der Waals surface area contributed by atoms with Crippen molar-refractivity contribution in [2.24, 2.45) is 12.8 Å². The van der Waals surface area contributed by atoms with Gasteiger partial charge >= 0.3 is 0 Å². The molecule has 7 nitrogen and oxygen atoms in total. The number of nitrogens with zero attached hydrogens (tertiary/aromatic N) is 2. The first-order valence-corrected chi connectivity index (χ1v) is 7.03. The van der Waals surface area contributed by atoms with Crippen LogP contribution in [0.2, 0.25) is 0 Å². The Balaban J connectivity index is 2.52. The summed E-state index contributed by atoms with van der Waals surface area (Å²) in [7, 11) is 5.76. The molecule has 0 saturated heterocycles. The van der Waals surface area contributed by atoms with Crippen molar-refractivity contribution in [2.45, 2.75) is 12.8 Å². The van der Waals surface area contributed by atoms with Gasteiger partial charge in [-0.2, -0.15) is 0 Å². The standard InChI is InChI=1S/C14H25N5O2/c1-18(2)8-4-7-16-14(21)12-9-11(10-19(12)3)17-13(20)5-6-15/h9-10H,4-8,15H2,1-3H3,(H,16,21)(H,17,20). The molecule has 1 aromatic heterocycles. The van der Waals surface area contributed by atoms with Crippen molar-refractivity contribution in [3.05, 3.63) is 18.0 Å². The topological polar surface area (TPSA) is 92.4 Å². The third-order valence-electron chi connectivity index (χ3n) is 2.96. The zero-order valence-corrected chi connectivity index (χ0v) is 13.0. The van der Waals surface area contributed by atoms with Gasteiger partial charge in [0.2, 0.25) is 5.91 Å². The Morgan fingerprint density at radius 2 is 2.10 bits per heavy atom. The average molecular weight is 295 g/mol. The largest absolute Gasteiger partial charge is 0.351 e. The van der Waals surface area contributed by atoms with Crippen molar-refractivity contribution in [3.63, 3.8) is 0 Å². The molecule has 7 heteroatoms. The van der Waals surface area contributed by atoms with Gasteiger partial charge in [0.05, 0.1) is 5.69 Å². The minimum atomic E-state index is -0.152. The fourth-order valence-electron chi connectivity index (χ4n) is 1.90. The number of hydrogen-bond acceptors (Lipinski definition) is 4. The first-order valence-electron chi connectivity index (χ1n) is 7.03. The van der Waals surface area contributed by atoms with E-state index in [4.69, 9.17) is 5.73 Å². The number of carbonyl (C=O) groups is 2. The highest BCUT2D eigenvalue weighted by Crippen LogP contribution is 2.13. The average Bonchev–Trinajstić information content (AvgIpc) is 2.75. The Morgan fingerprint density at radius 1 is 1.38 bits per heavy atom. The lowest BCUT2D eigenvalue weighted by atomic mass is 10.3. The summed E-state index contributed by atoms with van der Waals surface area (Å²) >= 11 is 0. The Morgan fingerprint density at radius 3 is 2.71 bits per heavy atom. The van der Waals surface area contributed by atoms with Gasteiger partial charge in [-0.1, -0.05) is 0 Å². The number of carbonyl (C=O) groups excluding carboxylic acids is 2. The highest BCUT2D eigenvalue weighted by Gasteiger charge is 2.12. The Hall–Kier alpha value is -1.86. The number of anilines is 1. The molecule has 1 rings (SSSR count). The predicted octanol–water partition coefficient (Wildman–Crippen LogP) is -0.00610. The summed E-state index contributed by atoms with van der Waals surface area (Å²) < 4.78 is 1.69. The van der Waals surface area contributed by atoms with E-state index in [-0.39, 0.29) is 18.2 Å². The fraction of sp³-hybridized carbons (Fsp3) is 0.571. The van der Waals surface area contributed by atoms with Crippen molar-refractivity contribution >= 4 is 17.5 Å². The molecule has 0 fully saturated rings. The van der Waals surface area contributed by atoms with Gasteiger partial charge < -0.3 is 25.8 Å². The van der Waals surface area contributed by atoms with Crippen LogP contribution in [0.25, 0.3) is 0 Å². The third-order valence-corrected chi connectivity index (χ3v) is 2.96. The molecule has 1 aromatic rings. The van der Waals surface area contributed by atoms with Crippen LogP contribution in [0.1, 0.15) is 23.3 Å². The van der Waals surface area contributed by atoms with Gasteiger partial charge in [0.1, 0.15) is 5.69 Å². The highest BCUT2D eigenvalue weighted by molar-refractivity contribution is 5.96. The van der Waals surface area contributed by atoms with Crippen molar-refractivity contribution in [1.29, 1.82) is 0 Å². The summed E-state index contributed by atoms with van der Waals surface area (Å²) in [5.74, 6) is -0.295. The lowest BCUT2D eigenvalue weighted by Gasteiger charge is -2.10. The molecule has 0 aromatic carbocycles. The Kier molecular flexibility index (Phi) is 6.90. The normalized spacial score (nSPS) is 10.7. The van der Waals surface area contributed by atoms with Crippen LogP contribution < -0.4 is 16.4 Å². The maximum absolute atomic E-state index is 12.1. The number of aromatic nitrogens is 1. The molecule has 4 N–H and O–H groups in total. The first kappa shape index (κ1) is 17.2. The SMILES string of the molecule is CN(C)CCCNC(=O)c1cc(NC(=O)CCN)cn1C. The molecular formula is C14H25N5O2. The minimum Gasteiger partial charge on any atom is -0.351 e. The molecule has 0 unspecified atom stereocenters. The highest BCUT2D eigenvalue weighted by atomic mass is 16.2. The monoisotopic (exact) mass is 295 g/mol. The summed E-state index contributed by atoms with van der Waals surface area (Å²) in [4.78, 5) is 25.6. The zero-order valence-electron chi connectivity index (χ0n) is 13.0. The molecule has 1 heterocycles. The van der Waals surface area contributed by atoms with E-state index in [9.17, 15) is 9.59 Å². The summed E-state index contributed by atoms with van der Waals surface area (Å²) in [5, 5.41) is 5.58. The van der Waals surface area contributed by atoms with E-state index in [1.165, 1.54) is 0 Å². The second kappa shape index (κ2) is 8.43. The molecule has 0 aliphatic heterocycles. The van der Waals surface area contributed by atoms with Gasteiger partial charge in [0.15, 0.2) is 0 Å². The molecule has 0 spiro atoms. The molecular weight excluding hydrogens is 270 g/mol. The molecule has 118 valence electrons. The summed E-state index contributed by atoms with van der Waals surface area (Å²) in [6, 6.07) is 1.66. The van der Waals surface area contributed by atoms with E-state index >= 15 is 0 Å². The second-order valence-corrected chi connectivity index (χ2v) is 5.22. The van der Waals surface area contributed by atoms with Crippen LogP contribution in [0.3, 0.4) is 0 Å². The quantitative estimate of drug-likeness (QED) is 0.588. The van der Waals surface area contributed by atoms with Crippen molar-refractivity contribution in [3.8, 4) is 0 Å². The molecule has 0 saturated carbocycles. The van der Waals surface area contributed by atoms with E-state index < -0.39 is 0 Å². The smallest absolute Gasteiger partial charge is 0.267 e. The summed E-state index contributed by atoms with van der Waals surface area (Å²) in [6.07, 6.45) is 2.87. The van der Waals surface area contributed by atoms with Crippen LogP contribution in [0.15, 0.2) is 12.3 Å². The molecule has 0 radical (unpaired) electrons. The van der Waals surface area contributed by atoms with Crippen LogP contribution in [0.5, 0.6) is 0 Å². The molecule has 21 heavy (non-hydrogen) atoms. The molecule has 0 aliphatic carbocycles. The number of aryl methyl sites for hydroxylation is 1.